The number of hydrogen-bond donors (Lipinski definition) is 1. The quantitative estimate of drug-likeness (QED) is 0.134. The van der Waals surface area contributed by atoms with Gasteiger partial charge in [0.15, 0.2) is 0 Å². The topological polar surface area (TPSA) is 99.6 Å². The van der Waals surface area contributed by atoms with Gasteiger partial charge < -0.3 is 47.0 Å². The van der Waals surface area contributed by atoms with Gasteiger partial charge in [0.05, 0.1) is 39.7 Å². The summed E-state index contributed by atoms with van der Waals surface area (Å²) in [6, 6.07) is 85.6. The molecule has 11 nitrogen and oxygen atoms in total. The average molecular weight is 2100 g/mol. The first-order valence-electron chi connectivity index (χ1n) is 53.1. The van der Waals surface area contributed by atoms with E-state index < -0.39 is 6.36 Å². The molecule has 150 heavy (non-hydrogen) atoms. The van der Waals surface area contributed by atoms with E-state index in [1.807, 2.05) is 135 Å². The fraction of sp³-hybridized carbons (Fsp3) is 0.489. The molecular formula is C133H191ClF4N4O7S. The van der Waals surface area contributed by atoms with Gasteiger partial charge in [0.2, 0.25) is 0 Å². The van der Waals surface area contributed by atoms with Gasteiger partial charge >= 0.3 is 6.36 Å². The Labute approximate surface area is 915 Å². The minimum Gasteiger partial charge on any atom is -0.497 e. The third kappa shape index (κ3) is 53.4. The third-order valence-electron chi connectivity index (χ3n) is 24.8. The van der Waals surface area contributed by atoms with Crippen LogP contribution in [0.4, 0.5) is 17.6 Å². The van der Waals surface area contributed by atoms with E-state index in [-0.39, 0.29) is 71.1 Å². The van der Waals surface area contributed by atoms with E-state index >= 15 is 0 Å². The van der Waals surface area contributed by atoms with Crippen LogP contribution >= 0.6 is 22.9 Å². The second kappa shape index (κ2) is 59.9. The Morgan fingerprint density at radius 3 is 1.19 bits per heavy atom. The molecule has 8 aromatic carbocycles. The molecule has 13 aromatic rings. The summed E-state index contributed by atoms with van der Waals surface area (Å²) >= 11 is 7.59. The van der Waals surface area contributed by atoms with Crippen molar-refractivity contribution in [2.24, 2.45) is 13.0 Å². The van der Waals surface area contributed by atoms with Crippen molar-refractivity contribution in [1.29, 1.82) is 0 Å². The van der Waals surface area contributed by atoms with Crippen molar-refractivity contribution in [2.45, 2.75) is 353 Å². The first-order valence-corrected chi connectivity index (χ1v) is 54.4. The Bertz CT molecular complexity index is 5610. The number of morpholine rings is 1. The summed E-state index contributed by atoms with van der Waals surface area (Å²) in [5.41, 5.74) is 16.6. The van der Waals surface area contributed by atoms with Crippen LogP contribution in [0.5, 0.6) is 23.0 Å². The number of rotatable bonds is 10. The van der Waals surface area contributed by atoms with Gasteiger partial charge in [-0.1, -0.05) is 394 Å². The largest absolute Gasteiger partial charge is 0.573 e. The number of nitrogens with one attached hydrogen (secondary N) is 1. The number of nitrogens with zero attached hydrogens (tertiary/aromatic N) is 3. The molecule has 5 aromatic heterocycles. The average Bonchev–Trinajstić information content (AvgIpc) is 1.59. The molecule has 0 radical (unpaired) electrons. The number of benzene rings is 8. The van der Waals surface area contributed by atoms with Gasteiger partial charge in [-0.2, -0.15) is 0 Å². The lowest BCUT2D eigenvalue weighted by Gasteiger charge is -2.29. The Kier molecular flexibility index (Phi) is 52.8. The normalized spacial score (nSPS) is 13.4. The van der Waals surface area contributed by atoms with Crippen LogP contribution in [0.15, 0.2) is 294 Å². The van der Waals surface area contributed by atoms with Crippen LogP contribution in [0, 0.1) is 11.7 Å². The lowest BCUT2D eigenvalue weighted by atomic mass is 9.85. The highest BCUT2D eigenvalue weighted by atomic mass is 35.5. The Hall–Kier alpha value is -10.2. The Morgan fingerprint density at radius 1 is 0.387 bits per heavy atom. The molecule has 7 heterocycles. The van der Waals surface area contributed by atoms with Gasteiger partial charge in [-0.05, 0) is 271 Å². The highest BCUT2D eigenvalue weighted by Gasteiger charge is 2.32. The number of halogens is 5. The van der Waals surface area contributed by atoms with E-state index in [9.17, 15) is 17.6 Å². The standard InChI is InChI=1S/C17H27N.C16H18O.C13H21NO2.C12H18O.C11H13F3O.C11H16O.C10H13Cl.C10H13F.C9H15N.C8H13N.C8H12O.C8H12S/c1-17(2,3)16-7-5-14(6-8-16)13-15-9-11-18(4)12-10-15;1-16(2,3)13-8-7-11-15(12-13)17-14-9-5-4-6-10-14;1-13(2,3)12-5-4-11(16-12)10-14-6-8-15-9-7-14;1-12(2,3)11-7-5-10(6-8-11)9-13-4;1-10(2,3)8-4-6-9(7-5-8)15-11(12,13)14;1-11(2,3)9-6-5-7-10(8-9)12-4;2*1-10(2,3)8-4-6-9(11)7-5-8;1-9(2,3)8-6-5-7-10(8)4;3*1-8(2,3)7-5-4-6-9-7/h5-8,15H,9-13H2,1-4H3;4-12H,1-3H3;4-5H,6-10H2,1-3H3;5-8H,9H2,1-4H3;4-7H,1-3H3;5-8H,1-4H3;2*4-7H,1-3H3;5-7H,1-4H3;4-6,9H,1-3H3;2*4-6H,1-3H3. The molecule has 17 heteroatoms. The smallest absolute Gasteiger partial charge is 0.497 e. The van der Waals surface area contributed by atoms with Crippen molar-refractivity contribution in [1.82, 2.24) is 19.4 Å². The van der Waals surface area contributed by atoms with Gasteiger partial charge in [0, 0.05) is 82.6 Å². The zero-order valence-corrected chi connectivity index (χ0v) is 101. The van der Waals surface area contributed by atoms with Crippen molar-refractivity contribution in [2.75, 3.05) is 60.7 Å². The summed E-state index contributed by atoms with van der Waals surface area (Å²) in [6.07, 6.45) is 5.11. The van der Waals surface area contributed by atoms with E-state index in [1.54, 1.807) is 32.6 Å². The predicted molar refractivity (Wildman–Crippen MR) is 633 cm³/mol. The maximum Gasteiger partial charge on any atom is 0.573 e. The van der Waals surface area contributed by atoms with Crippen LogP contribution in [0.3, 0.4) is 0 Å². The van der Waals surface area contributed by atoms with Crippen LogP contribution in [0.2, 0.25) is 5.02 Å². The lowest BCUT2D eigenvalue weighted by molar-refractivity contribution is -0.274. The number of para-hydroxylation sites is 1. The van der Waals surface area contributed by atoms with Crippen molar-refractivity contribution in [3.8, 4) is 23.0 Å². The molecule has 0 spiro atoms. The molecule has 15 rings (SSSR count). The molecule has 2 saturated heterocycles. The first-order chi connectivity index (χ1) is 69.1. The number of H-pyrrole nitrogens is 1. The molecule has 0 aliphatic carbocycles. The molecule has 0 saturated carbocycles. The first kappa shape index (κ1) is 132. The second-order valence-corrected chi connectivity index (χ2v) is 52.6. The zero-order valence-electron chi connectivity index (χ0n) is 99.5. The van der Waals surface area contributed by atoms with Gasteiger partial charge in [-0.25, -0.2) is 4.39 Å². The van der Waals surface area contributed by atoms with E-state index in [2.05, 4.69) is 406 Å². The summed E-state index contributed by atoms with van der Waals surface area (Å²) < 4.78 is 86.4. The van der Waals surface area contributed by atoms with E-state index in [1.165, 1.54) is 117 Å². The molecule has 2 aliphatic heterocycles. The van der Waals surface area contributed by atoms with Crippen LogP contribution in [0.25, 0.3) is 0 Å². The number of alkyl halides is 3. The summed E-state index contributed by atoms with van der Waals surface area (Å²) in [6.45, 7) is 86.3. The van der Waals surface area contributed by atoms with Crippen molar-refractivity contribution in [3.63, 3.8) is 0 Å². The summed E-state index contributed by atoms with van der Waals surface area (Å²) in [5.74, 6) is 6.41. The SMILES string of the molecule is CC(C)(C)c1ccc(CN2CCOCC2)o1.CC(C)(C)c1ccc(Cl)cc1.CC(C)(C)c1ccc(F)cc1.CC(C)(C)c1ccc(OC(F)(F)F)cc1.CC(C)(C)c1ccc[nH]1.CC(C)(C)c1cccc(Oc2ccccc2)c1.CC(C)(C)c1ccco1.CC(C)(C)c1cccs1.CN1CCC(Cc2ccc(C(C)(C)C)cc2)CC1.COCc1ccc(C(C)(C)C)cc1.COc1cccc(C(C)(C)C)c1.Cn1cccc1C(C)(C)C. The van der Waals surface area contributed by atoms with Crippen molar-refractivity contribution >= 4 is 22.9 Å². The Balaban J connectivity index is 0.000000343. The van der Waals surface area contributed by atoms with Gasteiger partial charge in [0.25, 0.3) is 0 Å². The molecule has 0 bridgehead atoms. The summed E-state index contributed by atoms with van der Waals surface area (Å²) in [4.78, 5) is 9.45. The highest BCUT2D eigenvalue weighted by molar-refractivity contribution is 7.10. The van der Waals surface area contributed by atoms with E-state index in [0.717, 1.165) is 83.9 Å². The van der Waals surface area contributed by atoms with Crippen molar-refractivity contribution < 1.29 is 50.1 Å². The fourth-order valence-corrected chi connectivity index (χ4v) is 16.0. The molecule has 0 atom stereocenters. The van der Waals surface area contributed by atoms with Crippen LogP contribution < -0.4 is 14.2 Å². The fourth-order valence-electron chi connectivity index (χ4n) is 15.1. The monoisotopic (exact) mass is 2100 g/mol. The highest BCUT2D eigenvalue weighted by Crippen LogP contribution is 2.36. The number of methoxy groups -OCH3 is 2. The lowest BCUT2D eigenvalue weighted by Crippen LogP contribution is -2.35. The van der Waals surface area contributed by atoms with Gasteiger partial charge in [-0.3, -0.25) is 4.90 Å². The number of piperidine rings is 1. The number of aromatic nitrogens is 2. The molecule has 2 aliphatic rings. The minimum atomic E-state index is -4.62. The van der Waals surface area contributed by atoms with E-state index in [4.69, 9.17) is 39.4 Å². The number of ether oxygens (including phenoxy) is 5. The van der Waals surface area contributed by atoms with Crippen LogP contribution in [-0.4, -0.2) is 86.4 Å². The zero-order chi connectivity index (χ0) is 113. The van der Waals surface area contributed by atoms with Crippen molar-refractivity contribution in [3.05, 3.63) is 379 Å². The maximum atomic E-state index is 12.5. The number of furan rings is 2. The molecule has 0 amide bonds. The van der Waals surface area contributed by atoms with Gasteiger partial charge in [0.1, 0.15) is 46.1 Å². The molecular weight excluding hydrogens is 1910 g/mol. The second-order valence-electron chi connectivity index (χ2n) is 51.2. The molecule has 0 unspecified atom stereocenters. The van der Waals surface area contributed by atoms with Crippen LogP contribution in [0.1, 0.15) is 346 Å². The number of aryl methyl sites for hydroxylation is 1. The minimum absolute atomic E-state index is 0.0727. The summed E-state index contributed by atoms with van der Waals surface area (Å²) in [5, 5.41) is 2.93. The number of hydrogen-bond acceptors (Lipinski definition) is 10. The molecule has 826 valence electrons. The predicted octanol–water partition coefficient (Wildman–Crippen LogP) is 38.1. The number of likely N-dealkylation sites (tertiary alicyclic amines) is 1. The Morgan fingerprint density at radius 2 is 0.833 bits per heavy atom. The van der Waals surface area contributed by atoms with Crippen LogP contribution in [-0.2, 0) is 101 Å². The molecule has 2 fully saturated rings. The summed E-state index contributed by atoms with van der Waals surface area (Å²) in [7, 11) is 7.73. The maximum absolute atomic E-state index is 12.5. The van der Waals surface area contributed by atoms with Gasteiger partial charge in [-0.15, -0.1) is 24.5 Å². The number of thiophene rings is 1. The van der Waals surface area contributed by atoms with E-state index in [0.29, 0.717) is 12.0 Å². The third-order valence-corrected chi connectivity index (χ3v) is 26.4. The molecule has 1 N–H and O–H groups in total. The number of aromatic amines is 1.